The first-order valence-electron chi connectivity index (χ1n) is 8.14. The summed E-state index contributed by atoms with van der Waals surface area (Å²) in [5.74, 6) is 0.0152. The highest BCUT2D eigenvalue weighted by molar-refractivity contribution is 5.95. The molecule has 0 unspecified atom stereocenters. The Morgan fingerprint density at radius 2 is 1.21 bits per heavy atom. The van der Waals surface area contributed by atoms with Crippen molar-refractivity contribution in [3.05, 3.63) is 65.7 Å². The van der Waals surface area contributed by atoms with Crippen LogP contribution in [0.25, 0.3) is 0 Å². The summed E-state index contributed by atoms with van der Waals surface area (Å²) >= 11 is 0. The highest BCUT2D eigenvalue weighted by atomic mass is 16.2. The van der Waals surface area contributed by atoms with Crippen molar-refractivity contribution in [3.63, 3.8) is 0 Å². The van der Waals surface area contributed by atoms with Crippen LogP contribution in [-0.4, -0.2) is 47.8 Å². The number of nitrogen functional groups attached to an aromatic ring is 1. The molecule has 5 nitrogen and oxygen atoms in total. The molecule has 3 rings (SSSR count). The van der Waals surface area contributed by atoms with Crippen LogP contribution in [0.1, 0.15) is 27.1 Å². The Bertz CT molecular complexity index is 713. The van der Waals surface area contributed by atoms with Gasteiger partial charge in [-0.15, -0.1) is 0 Å². The summed E-state index contributed by atoms with van der Waals surface area (Å²) < 4.78 is 0. The van der Waals surface area contributed by atoms with Gasteiger partial charge in [-0.1, -0.05) is 18.2 Å². The predicted octanol–water partition coefficient (Wildman–Crippen LogP) is 2.26. The Labute approximate surface area is 141 Å². The third-order valence-corrected chi connectivity index (χ3v) is 4.25. The quantitative estimate of drug-likeness (QED) is 0.862. The van der Waals surface area contributed by atoms with E-state index in [9.17, 15) is 9.59 Å². The van der Waals surface area contributed by atoms with Gasteiger partial charge in [0.1, 0.15) is 0 Å². The molecule has 2 aromatic carbocycles. The van der Waals surface area contributed by atoms with E-state index in [2.05, 4.69) is 0 Å². The molecule has 1 saturated heterocycles. The topological polar surface area (TPSA) is 66.6 Å². The average Bonchev–Trinajstić information content (AvgIpc) is 2.88. The lowest BCUT2D eigenvalue weighted by Gasteiger charge is -2.22. The number of nitrogens with two attached hydrogens (primary N) is 1. The van der Waals surface area contributed by atoms with Gasteiger partial charge in [0.25, 0.3) is 11.8 Å². The molecule has 0 aliphatic carbocycles. The molecule has 1 aliphatic heterocycles. The second-order valence-corrected chi connectivity index (χ2v) is 5.93. The number of nitrogens with zero attached hydrogens (tertiary/aromatic N) is 2. The third kappa shape index (κ3) is 3.56. The SMILES string of the molecule is Nc1ccc(C(=O)N2CCCN(C(=O)c3ccccc3)CC2)cc1. The Morgan fingerprint density at radius 3 is 1.75 bits per heavy atom. The van der Waals surface area contributed by atoms with E-state index in [4.69, 9.17) is 5.73 Å². The number of carbonyl (C=O) groups is 2. The highest BCUT2D eigenvalue weighted by Gasteiger charge is 2.23. The van der Waals surface area contributed by atoms with Crippen LogP contribution >= 0.6 is 0 Å². The standard InChI is InChI=1S/C19H21N3O2/c20-17-9-7-16(8-10-17)19(24)22-12-4-11-21(13-14-22)18(23)15-5-2-1-3-6-15/h1-3,5-10H,4,11-14,20H2. The van der Waals surface area contributed by atoms with Gasteiger partial charge in [0.2, 0.25) is 0 Å². The molecule has 0 atom stereocenters. The number of carbonyl (C=O) groups excluding carboxylic acids is 2. The van der Waals surface area contributed by atoms with Crippen LogP contribution < -0.4 is 5.73 Å². The summed E-state index contributed by atoms with van der Waals surface area (Å²) in [6.07, 6.45) is 0.777. The van der Waals surface area contributed by atoms with Gasteiger partial charge in [-0.2, -0.15) is 0 Å². The van der Waals surface area contributed by atoms with Crippen LogP contribution in [-0.2, 0) is 0 Å². The maximum absolute atomic E-state index is 12.6. The number of amides is 2. The first-order chi connectivity index (χ1) is 11.6. The molecule has 0 spiro atoms. The van der Waals surface area contributed by atoms with Crippen molar-refractivity contribution in [1.82, 2.24) is 9.80 Å². The predicted molar refractivity (Wildman–Crippen MR) is 93.7 cm³/mol. The van der Waals surface area contributed by atoms with Crippen molar-refractivity contribution in [3.8, 4) is 0 Å². The van der Waals surface area contributed by atoms with Gasteiger partial charge < -0.3 is 15.5 Å². The number of hydrogen-bond donors (Lipinski definition) is 1. The third-order valence-electron chi connectivity index (χ3n) is 4.25. The molecule has 0 saturated carbocycles. The average molecular weight is 323 g/mol. The van der Waals surface area contributed by atoms with E-state index in [-0.39, 0.29) is 11.8 Å². The lowest BCUT2D eigenvalue weighted by Crippen LogP contribution is -2.37. The fourth-order valence-electron chi connectivity index (χ4n) is 2.90. The molecule has 0 aromatic heterocycles. The number of rotatable bonds is 2. The number of benzene rings is 2. The fourth-order valence-corrected chi connectivity index (χ4v) is 2.90. The van der Waals surface area contributed by atoms with E-state index in [1.165, 1.54) is 0 Å². The number of hydrogen-bond acceptors (Lipinski definition) is 3. The molecule has 2 N–H and O–H groups in total. The van der Waals surface area contributed by atoms with Crippen molar-refractivity contribution in [1.29, 1.82) is 0 Å². The first-order valence-corrected chi connectivity index (χ1v) is 8.14. The largest absolute Gasteiger partial charge is 0.399 e. The number of anilines is 1. The zero-order chi connectivity index (χ0) is 16.9. The minimum absolute atomic E-state index is 0.0102. The second kappa shape index (κ2) is 7.17. The molecule has 2 aromatic rings. The molecule has 2 amide bonds. The van der Waals surface area contributed by atoms with Gasteiger partial charge in [0.15, 0.2) is 0 Å². The zero-order valence-electron chi connectivity index (χ0n) is 13.5. The molecule has 0 bridgehead atoms. The van der Waals surface area contributed by atoms with Crippen LogP contribution in [0.3, 0.4) is 0 Å². The first kappa shape index (κ1) is 16.1. The molecule has 1 fully saturated rings. The summed E-state index contributed by atoms with van der Waals surface area (Å²) in [6.45, 7) is 2.41. The lowest BCUT2D eigenvalue weighted by molar-refractivity contribution is 0.0719. The summed E-state index contributed by atoms with van der Waals surface area (Å²) in [6, 6.07) is 16.2. The Balaban J connectivity index is 1.65. The van der Waals surface area contributed by atoms with Crippen LogP contribution in [0.4, 0.5) is 5.69 Å². The molecule has 24 heavy (non-hydrogen) atoms. The molecule has 1 heterocycles. The second-order valence-electron chi connectivity index (χ2n) is 5.93. The normalized spacial score (nSPS) is 15.0. The Morgan fingerprint density at radius 1 is 0.708 bits per heavy atom. The molecule has 5 heteroatoms. The maximum atomic E-state index is 12.6. The van der Waals surface area contributed by atoms with E-state index in [0.29, 0.717) is 43.0 Å². The Kier molecular flexibility index (Phi) is 4.79. The van der Waals surface area contributed by atoms with Crippen LogP contribution in [0.5, 0.6) is 0 Å². The van der Waals surface area contributed by atoms with Crippen molar-refractivity contribution in [2.45, 2.75) is 6.42 Å². The fraction of sp³-hybridized carbons (Fsp3) is 0.263. The maximum Gasteiger partial charge on any atom is 0.253 e. The molecule has 0 radical (unpaired) electrons. The molecule has 1 aliphatic rings. The van der Waals surface area contributed by atoms with Crippen molar-refractivity contribution in [2.75, 3.05) is 31.9 Å². The van der Waals surface area contributed by atoms with Gasteiger partial charge in [-0.3, -0.25) is 9.59 Å². The summed E-state index contributed by atoms with van der Waals surface area (Å²) in [4.78, 5) is 28.8. The van der Waals surface area contributed by atoms with Crippen LogP contribution in [0.15, 0.2) is 54.6 Å². The van der Waals surface area contributed by atoms with Crippen LogP contribution in [0.2, 0.25) is 0 Å². The van der Waals surface area contributed by atoms with Crippen molar-refractivity contribution >= 4 is 17.5 Å². The smallest absolute Gasteiger partial charge is 0.253 e. The lowest BCUT2D eigenvalue weighted by atomic mass is 10.2. The zero-order valence-corrected chi connectivity index (χ0v) is 13.5. The molecular formula is C19H21N3O2. The minimum atomic E-state index is -0.0102. The van der Waals surface area contributed by atoms with Crippen molar-refractivity contribution in [2.24, 2.45) is 0 Å². The minimum Gasteiger partial charge on any atom is -0.399 e. The van der Waals surface area contributed by atoms with Crippen LogP contribution in [0, 0.1) is 0 Å². The van der Waals surface area contributed by atoms with Gasteiger partial charge in [-0.25, -0.2) is 0 Å². The van der Waals surface area contributed by atoms with E-state index < -0.39 is 0 Å². The van der Waals surface area contributed by atoms with Gasteiger partial charge in [0, 0.05) is 43.0 Å². The van der Waals surface area contributed by atoms with E-state index in [0.717, 1.165) is 6.42 Å². The molecule has 124 valence electrons. The highest BCUT2D eigenvalue weighted by Crippen LogP contribution is 2.13. The van der Waals surface area contributed by atoms with Crippen molar-refractivity contribution < 1.29 is 9.59 Å². The van der Waals surface area contributed by atoms with E-state index >= 15 is 0 Å². The molecular weight excluding hydrogens is 302 g/mol. The van der Waals surface area contributed by atoms with E-state index in [1.807, 2.05) is 40.1 Å². The van der Waals surface area contributed by atoms with Gasteiger partial charge in [0.05, 0.1) is 0 Å². The summed E-state index contributed by atoms with van der Waals surface area (Å²) in [7, 11) is 0. The van der Waals surface area contributed by atoms with Gasteiger partial charge in [-0.05, 0) is 42.8 Å². The van der Waals surface area contributed by atoms with Gasteiger partial charge >= 0.3 is 0 Å². The summed E-state index contributed by atoms with van der Waals surface area (Å²) in [5.41, 5.74) is 7.63. The Hall–Kier alpha value is -2.82. The summed E-state index contributed by atoms with van der Waals surface area (Å²) in [5, 5.41) is 0. The monoisotopic (exact) mass is 323 g/mol. The van der Waals surface area contributed by atoms with E-state index in [1.54, 1.807) is 24.3 Å².